The summed E-state index contributed by atoms with van der Waals surface area (Å²) >= 11 is 0. The van der Waals surface area contributed by atoms with E-state index >= 15 is 0 Å². The van der Waals surface area contributed by atoms with Gasteiger partial charge in [-0.3, -0.25) is 9.36 Å². The largest absolute Gasteiger partial charge is 0.419 e. The number of rotatable bonds is 4. The molecule has 1 saturated heterocycles. The number of carbonyl (C=O) groups is 1. The first-order valence-electron chi connectivity index (χ1n) is 11.2. The fraction of sp³-hybridized carbons (Fsp3) is 0.400. The number of hydrogen-bond donors (Lipinski definition) is 2. The molecule has 1 aromatic heterocycles. The summed E-state index contributed by atoms with van der Waals surface area (Å²) in [6.45, 7) is 1.80. The van der Waals surface area contributed by atoms with E-state index in [1.165, 1.54) is 23.5 Å². The molecule has 2 heterocycles. The van der Waals surface area contributed by atoms with Crippen molar-refractivity contribution >= 4 is 17.0 Å². The van der Waals surface area contributed by atoms with Gasteiger partial charge in [0.15, 0.2) is 5.58 Å². The van der Waals surface area contributed by atoms with Crippen LogP contribution in [0.1, 0.15) is 37.7 Å². The lowest BCUT2D eigenvalue weighted by molar-refractivity contribution is -0.122. The summed E-state index contributed by atoms with van der Waals surface area (Å²) in [6.07, 6.45) is 5.25. The van der Waals surface area contributed by atoms with Crippen molar-refractivity contribution in [2.24, 2.45) is 18.7 Å². The van der Waals surface area contributed by atoms with E-state index in [0.717, 1.165) is 31.5 Å². The molecule has 1 amide bonds. The molecule has 3 aromatic rings. The van der Waals surface area contributed by atoms with E-state index < -0.39 is 5.76 Å². The standard InChI is InChI=1S/C17H13FN2O2.C8H16N2O/c1-20-15-10-13(6-7-16(15)22-17(20)21)12-5-4-11(3-2-8-19)14(18)9-12;9-8(11)7-4-2-1-3-5-10-6-7/h4-7,9-10H,2-3H2,1H3;7,10H,1-6H2,(H2,9,11). The van der Waals surface area contributed by atoms with Crippen LogP contribution < -0.4 is 16.8 Å². The van der Waals surface area contributed by atoms with E-state index in [1.54, 1.807) is 31.3 Å². The Morgan fingerprint density at radius 2 is 2.00 bits per heavy atom. The van der Waals surface area contributed by atoms with Crippen LogP contribution in [0.4, 0.5) is 4.39 Å². The molecule has 33 heavy (non-hydrogen) atoms. The van der Waals surface area contributed by atoms with Gasteiger partial charge in [0.1, 0.15) is 5.82 Å². The maximum atomic E-state index is 14.1. The number of fused-ring (bicyclic) bond motifs is 1. The van der Waals surface area contributed by atoms with Gasteiger partial charge in [-0.1, -0.05) is 31.0 Å². The molecule has 174 valence electrons. The van der Waals surface area contributed by atoms with Gasteiger partial charge in [0.05, 0.1) is 17.5 Å². The topological polar surface area (TPSA) is 114 Å². The zero-order valence-electron chi connectivity index (χ0n) is 18.8. The maximum Gasteiger partial charge on any atom is 0.419 e. The second-order valence-electron chi connectivity index (χ2n) is 8.23. The van der Waals surface area contributed by atoms with E-state index in [-0.39, 0.29) is 17.6 Å². The number of hydrogen-bond acceptors (Lipinski definition) is 5. The predicted octanol–water partition coefficient (Wildman–Crippen LogP) is 3.65. The number of nitriles is 1. The number of benzene rings is 2. The number of carbonyl (C=O) groups excluding carboxylic acids is 1. The average molecular weight is 453 g/mol. The van der Waals surface area contributed by atoms with Crippen molar-refractivity contribution in [1.29, 1.82) is 5.26 Å². The zero-order chi connectivity index (χ0) is 23.8. The fourth-order valence-electron chi connectivity index (χ4n) is 3.87. The molecule has 1 unspecified atom stereocenters. The van der Waals surface area contributed by atoms with Crippen molar-refractivity contribution in [3.8, 4) is 17.2 Å². The number of nitrogens with one attached hydrogen (secondary N) is 1. The number of nitrogens with two attached hydrogens (primary N) is 1. The molecule has 0 radical (unpaired) electrons. The Bertz CT molecular complexity index is 1200. The van der Waals surface area contributed by atoms with Gasteiger partial charge in [-0.2, -0.15) is 5.26 Å². The van der Waals surface area contributed by atoms with Crippen LogP contribution in [0.3, 0.4) is 0 Å². The molecule has 1 aliphatic heterocycles. The minimum Gasteiger partial charge on any atom is -0.408 e. The van der Waals surface area contributed by atoms with Gasteiger partial charge in [-0.05, 0) is 60.7 Å². The molecule has 8 heteroatoms. The summed E-state index contributed by atoms with van der Waals surface area (Å²) in [5, 5.41) is 11.8. The number of oxazole rings is 1. The molecule has 0 bridgehead atoms. The number of amides is 1. The lowest BCUT2D eigenvalue weighted by atomic mass is 9.99. The van der Waals surface area contributed by atoms with Gasteiger partial charge in [-0.15, -0.1) is 0 Å². The van der Waals surface area contributed by atoms with E-state index in [9.17, 15) is 14.0 Å². The lowest BCUT2D eigenvalue weighted by Crippen LogP contribution is -2.34. The Hall–Kier alpha value is -3.44. The third-order valence-electron chi connectivity index (χ3n) is 5.88. The zero-order valence-corrected chi connectivity index (χ0v) is 18.8. The molecule has 1 atom stereocenters. The normalized spacial score (nSPS) is 16.2. The third-order valence-corrected chi connectivity index (χ3v) is 5.88. The van der Waals surface area contributed by atoms with E-state index in [4.69, 9.17) is 15.4 Å². The second kappa shape index (κ2) is 11.4. The maximum absolute atomic E-state index is 14.1. The molecule has 0 spiro atoms. The molecular formula is C25H29FN4O3. The highest BCUT2D eigenvalue weighted by Crippen LogP contribution is 2.26. The van der Waals surface area contributed by atoms with Gasteiger partial charge >= 0.3 is 5.76 Å². The van der Waals surface area contributed by atoms with Crippen LogP contribution in [0.5, 0.6) is 0 Å². The van der Waals surface area contributed by atoms with Crippen LogP contribution in [0, 0.1) is 23.1 Å². The minimum atomic E-state index is -0.426. The summed E-state index contributed by atoms with van der Waals surface area (Å²) in [7, 11) is 1.63. The summed E-state index contributed by atoms with van der Waals surface area (Å²) in [5.41, 5.74) is 8.42. The predicted molar refractivity (Wildman–Crippen MR) is 125 cm³/mol. The highest BCUT2D eigenvalue weighted by atomic mass is 19.1. The van der Waals surface area contributed by atoms with Gasteiger partial charge in [0.2, 0.25) is 5.91 Å². The monoisotopic (exact) mass is 452 g/mol. The third kappa shape index (κ3) is 6.30. The number of halogens is 1. The van der Waals surface area contributed by atoms with Crippen LogP contribution in [0.15, 0.2) is 45.6 Å². The molecule has 0 saturated carbocycles. The van der Waals surface area contributed by atoms with E-state index in [1.807, 2.05) is 12.1 Å². The Kier molecular flexibility index (Phi) is 8.39. The van der Waals surface area contributed by atoms with E-state index in [2.05, 4.69) is 5.32 Å². The molecular weight excluding hydrogens is 423 g/mol. The van der Waals surface area contributed by atoms with Gasteiger partial charge < -0.3 is 15.5 Å². The summed E-state index contributed by atoms with van der Waals surface area (Å²) in [5.74, 6) is -0.839. The molecule has 3 N–H and O–H groups in total. The Morgan fingerprint density at radius 3 is 2.73 bits per heavy atom. The van der Waals surface area contributed by atoms with Gasteiger partial charge in [-0.25, -0.2) is 9.18 Å². The van der Waals surface area contributed by atoms with Crippen LogP contribution in [0.2, 0.25) is 0 Å². The highest BCUT2D eigenvalue weighted by molar-refractivity contribution is 5.80. The summed E-state index contributed by atoms with van der Waals surface area (Å²) in [6, 6.07) is 12.3. The lowest BCUT2D eigenvalue weighted by Gasteiger charge is -2.16. The van der Waals surface area contributed by atoms with Crippen molar-refractivity contribution in [2.45, 2.75) is 38.5 Å². The Labute approximate surface area is 192 Å². The first kappa shape index (κ1) is 24.2. The summed E-state index contributed by atoms with van der Waals surface area (Å²) < 4.78 is 20.6. The first-order chi connectivity index (χ1) is 15.9. The molecule has 1 fully saturated rings. The molecule has 1 aliphatic rings. The van der Waals surface area contributed by atoms with Gasteiger partial charge in [0.25, 0.3) is 0 Å². The number of nitrogens with zero attached hydrogens (tertiary/aromatic N) is 2. The second-order valence-corrected chi connectivity index (χ2v) is 8.23. The number of aromatic nitrogens is 1. The quantitative estimate of drug-likeness (QED) is 0.627. The summed E-state index contributed by atoms with van der Waals surface area (Å²) in [4.78, 5) is 22.3. The molecule has 0 aliphatic carbocycles. The van der Waals surface area contributed by atoms with Crippen molar-refractivity contribution in [3.63, 3.8) is 0 Å². The Morgan fingerprint density at radius 1 is 1.24 bits per heavy atom. The minimum absolute atomic E-state index is 0.0651. The number of primary amides is 1. The van der Waals surface area contributed by atoms with E-state index in [0.29, 0.717) is 35.1 Å². The fourth-order valence-corrected chi connectivity index (χ4v) is 3.87. The average Bonchev–Trinajstić information content (AvgIpc) is 3.06. The SMILES string of the molecule is Cn1c(=O)oc2ccc(-c3ccc(CCC#N)c(F)c3)cc21.NC(=O)C1CCCCCNC1. The first-order valence-corrected chi connectivity index (χ1v) is 11.2. The van der Waals surface area contributed by atoms with Crippen LogP contribution >= 0.6 is 0 Å². The van der Waals surface area contributed by atoms with Crippen LogP contribution in [-0.4, -0.2) is 23.6 Å². The Balaban J connectivity index is 0.000000235. The highest BCUT2D eigenvalue weighted by Gasteiger charge is 2.15. The molecule has 2 aromatic carbocycles. The van der Waals surface area contributed by atoms with Crippen molar-refractivity contribution in [3.05, 3.63) is 58.3 Å². The molecule has 7 nitrogen and oxygen atoms in total. The van der Waals surface area contributed by atoms with Crippen LogP contribution in [0.25, 0.3) is 22.2 Å². The smallest absolute Gasteiger partial charge is 0.408 e. The molecule has 4 rings (SSSR count). The van der Waals surface area contributed by atoms with Gasteiger partial charge in [0, 0.05) is 20.0 Å². The number of aryl methyl sites for hydroxylation is 2. The van der Waals surface area contributed by atoms with Crippen molar-refractivity contribution in [1.82, 2.24) is 9.88 Å². The van der Waals surface area contributed by atoms with Crippen molar-refractivity contribution in [2.75, 3.05) is 13.1 Å². The van der Waals surface area contributed by atoms with Crippen LogP contribution in [-0.2, 0) is 18.3 Å². The van der Waals surface area contributed by atoms with Crippen molar-refractivity contribution < 1.29 is 13.6 Å².